The van der Waals surface area contributed by atoms with E-state index in [9.17, 15) is 4.79 Å². The van der Waals surface area contributed by atoms with Gasteiger partial charge in [-0.15, -0.1) is 0 Å². The number of thioether (sulfide) groups is 2. The molecule has 2 heterocycles. The van der Waals surface area contributed by atoms with E-state index in [1.54, 1.807) is 36.9 Å². The van der Waals surface area contributed by atoms with E-state index in [0.717, 1.165) is 22.3 Å². The molecule has 0 spiro atoms. The normalized spacial score (nSPS) is 10.6. The van der Waals surface area contributed by atoms with Crippen LogP contribution in [0.1, 0.15) is 10.4 Å². The van der Waals surface area contributed by atoms with Crippen molar-refractivity contribution in [3.8, 4) is 22.3 Å². The summed E-state index contributed by atoms with van der Waals surface area (Å²) in [7, 11) is 1.36. The minimum atomic E-state index is -0.406. The van der Waals surface area contributed by atoms with Crippen molar-refractivity contribution >= 4 is 29.5 Å². The van der Waals surface area contributed by atoms with E-state index in [0.29, 0.717) is 15.9 Å². The van der Waals surface area contributed by atoms with Crippen molar-refractivity contribution in [2.24, 2.45) is 0 Å². The first-order valence-corrected chi connectivity index (χ1v) is 10.1. The molecule has 132 valence electrons. The Hall–Kier alpha value is -2.45. The molecule has 0 bridgehead atoms. The monoisotopic (exact) mass is 384 g/mol. The zero-order valence-electron chi connectivity index (χ0n) is 14.5. The van der Waals surface area contributed by atoms with E-state index >= 15 is 0 Å². The van der Waals surface area contributed by atoms with E-state index in [2.05, 4.69) is 19.9 Å². The van der Waals surface area contributed by atoms with Crippen molar-refractivity contribution in [3.63, 3.8) is 0 Å². The molecule has 0 saturated carbocycles. The predicted molar refractivity (Wildman–Crippen MR) is 103 cm³/mol. The zero-order valence-corrected chi connectivity index (χ0v) is 16.1. The number of rotatable bonds is 5. The van der Waals surface area contributed by atoms with Crippen LogP contribution in [0.3, 0.4) is 0 Å². The zero-order chi connectivity index (χ0) is 18.5. The van der Waals surface area contributed by atoms with Crippen molar-refractivity contribution in [2.75, 3.05) is 19.6 Å². The molecule has 0 aliphatic carbocycles. The Bertz CT molecular complexity index is 850. The van der Waals surface area contributed by atoms with E-state index < -0.39 is 5.97 Å². The second-order valence-corrected chi connectivity index (χ2v) is 6.75. The van der Waals surface area contributed by atoms with Crippen LogP contribution in [-0.2, 0) is 4.74 Å². The number of aromatic nitrogens is 4. The summed E-state index contributed by atoms with van der Waals surface area (Å²) in [5.41, 5.74) is 3.73. The lowest BCUT2D eigenvalue weighted by molar-refractivity contribution is 0.0601. The topological polar surface area (TPSA) is 77.9 Å². The standard InChI is InChI=1S/C18H16N4O2S2/c1-24-16(23)13-5-11(14-7-19-17(25-2)20-8-14)4-12(6-13)15-9-21-18(26-3)22-10-15/h4-10H,1-3H3. The van der Waals surface area contributed by atoms with Crippen LogP contribution < -0.4 is 0 Å². The van der Waals surface area contributed by atoms with Crippen molar-refractivity contribution in [1.82, 2.24) is 19.9 Å². The van der Waals surface area contributed by atoms with Gasteiger partial charge in [-0.25, -0.2) is 24.7 Å². The summed E-state index contributed by atoms with van der Waals surface area (Å²) in [5.74, 6) is -0.406. The summed E-state index contributed by atoms with van der Waals surface area (Å²) in [6.07, 6.45) is 10.8. The highest BCUT2D eigenvalue weighted by Gasteiger charge is 2.12. The molecule has 6 nitrogen and oxygen atoms in total. The molecule has 0 amide bonds. The van der Waals surface area contributed by atoms with Crippen LogP contribution in [0.25, 0.3) is 22.3 Å². The second kappa shape index (κ2) is 8.29. The highest BCUT2D eigenvalue weighted by atomic mass is 32.2. The summed E-state index contributed by atoms with van der Waals surface area (Å²) in [4.78, 5) is 29.3. The molecular formula is C18H16N4O2S2. The molecule has 0 fully saturated rings. The van der Waals surface area contributed by atoms with Crippen LogP contribution in [0.4, 0.5) is 0 Å². The van der Waals surface area contributed by atoms with Crippen molar-refractivity contribution in [1.29, 1.82) is 0 Å². The maximum atomic E-state index is 12.1. The number of esters is 1. The molecular weight excluding hydrogens is 368 g/mol. The van der Waals surface area contributed by atoms with Gasteiger partial charge in [0.15, 0.2) is 10.3 Å². The minimum Gasteiger partial charge on any atom is -0.465 e. The van der Waals surface area contributed by atoms with Gasteiger partial charge in [0.05, 0.1) is 12.7 Å². The maximum Gasteiger partial charge on any atom is 0.337 e. The van der Waals surface area contributed by atoms with Crippen LogP contribution in [0.2, 0.25) is 0 Å². The lowest BCUT2D eigenvalue weighted by atomic mass is 9.99. The molecule has 0 unspecified atom stereocenters. The van der Waals surface area contributed by atoms with Crippen LogP contribution in [0.5, 0.6) is 0 Å². The number of benzene rings is 1. The first-order valence-electron chi connectivity index (χ1n) is 7.61. The molecule has 26 heavy (non-hydrogen) atoms. The lowest BCUT2D eigenvalue weighted by Gasteiger charge is -2.09. The predicted octanol–water partition coefficient (Wildman–Crippen LogP) is 3.83. The third kappa shape index (κ3) is 4.03. The lowest BCUT2D eigenvalue weighted by Crippen LogP contribution is -2.02. The van der Waals surface area contributed by atoms with Gasteiger partial charge in [-0.1, -0.05) is 23.5 Å². The van der Waals surface area contributed by atoms with Gasteiger partial charge in [-0.05, 0) is 41.8 Å². The molecule has 0 saturated heterocycles. The third-order valence-corrected chi connectivity index (χ3v) is 4.79. The average molecular weight is 384 g/mol. The fourth-order valence-electron chi connectivity index (χ4n) is 2.34. The Balaban J connectivity index is 2.09. The molecule has 1 aromatic carbocycles. The Morgan fingerprint density at radius 2 is 1.19 bits per heavy atom. The van der Waals surface area contributed by atoms with Gasteiger partial charge in [0, 0.05) is 35.9 Å². The van der Waals surface area contributed by atoms with E-state index in [-0.39, 0.29) is 0 Å². The largest absolute Gasteiger partial charge is 0.465 e. The number of ether oxygens (including phenoxy) is 1. The summed E-state index contributed by atoms with van der Waals surface area (Å²) in [6.45, 7) is 0. The Morgan fingerprint density at radius 3 is 1.54 bits per heavy atom. The molecule has 0 aliphatic rings. The summed E-state index contributed by atoms with van der Waals surface area (Å²) >= 11 is 2.95. The van der Waals surface area contributed by atoms with Gasteiger partial charge in [-0.3, -0.25) is 0 Å². The fourth-order valence-corrected chi connectivity index (χ4v) is 2.97. The Morgan fingerprint density at radius 1 is 0.769 bits per heavy atom. The van der Waals surface area contributed by atoms with Crippen molar-refractivity contribution in [3.05, 3.63) is 48.5 Å². The van der Waals surface area contributed by atoms with Crippen molar-refractivity contribution < 1.29 is 9.53 Å². The van der Waals surface area contributed by atoms with Gasteiger partial charge in [0.25, 0.3) is 0 Å². The SMILES string of the molecule is COC(=O)c1cc(-c2cnc(SC)nc2)cc(-c2cnc(SC)nc2)c1. The van der Waals surface area contributed by atoms with Gasteiger partial charge in [0.1, 0.15) is 0 Å². The smallest absolute Gasteiger partial charge is 0.337 e. The van der Waals surface area contributed by atoms with Crippen molar-refractivity contribution in [2.45, 2.75) is 10.3 Å². The maximum absolute atomic E-state index is 12.1. The number of nitrogens with zero attached hydrogens (tertiary/aromatic N) is 4. The Labute approximate surface area is 159 Å². The van der Waals surface area contributed by atoms with Gasteiger partial charge in [-0.2, -0.15) is 0 Å². The average Bonchev–Trinajstić information content (AvgIpc) is 2.73. The van der Waals surface area contributed by atoms with E-state index in [1.165, 1.54) is 30.6 Å². The molecule has 0 radical (unpaired) electrons. The van der Waals surface area contributed by atoms with Crippen LogP contribution in [0, 0.1) is 0 Å². The van der Waals surface area contributed by atoms with E-state index in [4.69, 9.17) is 4.74 Å². The molecule has 3 rings (SSSR count). The third-order valence-electron chi connectivity index (χ3n) is 3.64. The molecule has 0 aliphatic heterocycles. The molecule has 0 N–H and O–H groups in total. The summed E-state index contributed by atoms with van der Waals surface area (Å²) < 4.78 is 4.88. The fraction of sp³-hybridized carbons (Fsp3) is 0.167. The van der Waals surface area contributed by atoms with E-state index in [1.807, 2.05) is 18.6 Å². The molecule has 8 heteroatoms. The number of hydrogen-bond donors (Lipinski definition) is 0. The molecule has 2 aromatic heterocycles. The van der Waals surface area contributed by atoms with Gasteiger partial charge < -0.3 is 4.74 Å². The molecule has 0 atom stereocenters. The molecule has 3 aromatic rings. The van der Waals surface area contributed by atoms with Gasteiger partial charge in [0.2, 0.25) is 0 Å². The van der Waals surface area contributed by atoms with Gasteiger partial charge >= 0.3 is 5.97 Å². The number of hydrogen-bond acceptors (Lipinski definition) is 8. The highest BCUT2D eigenvalue weighted by molar-refractivity contribution is 7.98. The summed E-state index contributed by atoms with van der Waals surface area (Å²) in [6, 6.07) is 5.50. The first-order chi connectivity index (χ1) is 12.6. The Kier molecular flexibility index (Phi) is 5.85. The van der Waals surface area contributed by atoms with Crippen LogP contribution in [-0.4, -0.2) is 45.5 Å². The van der Waals surface area contributed by atoms with Crippen LogP contribution in [0.15, 0.2) is 53.3 Å². The second-order valence-electron chi connectivity index (χ2n) is 5.21. The number of methoxy groups -OCH3 is 1. The number of carbonyl (C=O) groups is 1. The minimum absolute atomic E-state index is 0.406. The first kappa shape index (κ1) is 18.3. The number of carbonyl (C=O) groups excluding carboxylic acids is 1. The summed E-state index contributed by atoms with van der Waals surface area (Å²) in [5, 5.41) is 1.39. The quantitative estimate of drug-likeness (QED) is 0.373. The van der Waals surface area contributed by atoms with Crippen LogP contribution >= 0.6 is 23.5 Å². The highest BCUT2D eigenvalue weighted by Crippen LogP contribution is 2.28.